The van der Waals surface area contributed by atoms with Gasteiger partial charge in [-0.1, -0.05) is 23.1 Å². The van der Waals surface area contributed by atoms with Crippen molar-refractivity contribution in [2.45, 2.75) is 49.3 Å². The van der Waals surface area contributed by atoms with Gasteiger partial charge in [-0.25, -0.2) is 9.78 Å². The summed E-state index contributed by atoms with van der Waals surface area (Å²) in [5.74, 6) is 0.103. The van der Waals surface area contributed by atoms with Crippen molar-refractivity contribution in [3.05, 3.63) is 26.6 Å². The number of esters is 1. The molecule has 1 saturated heterocycles. The molecule has 2 atom stereocenters. The number of rotatable bonds is 8. The van der Waals surface area contributed by atoms with Crippen LogP contribution in [-0.2, 0) is 9.47 Å². The Hall–Kier alpha value is -2.02. The summed E-state index contributed by atoms with van der Waals surface area (Å²) in [6.07, 6.45) is 2.39. The van der Waals surface area contributed by atoms with Crippen LogP contribution < -0.4 is 10.9 Å². The van der Waals surface area contributed by atoms with Crippen LogP contribution in [0.2, 0.25) is 0 Å². The summed E-state index contributed by atoms with van der Waals surface area (Å²) >= 11 is 4.12. The van der Waals surface area contributed by atoms with E-state index < -0.39 is 5.97 Å². The van der Waals surface area contributed by atoms with E-state index in [1.165, 1.54) is 34.4 Å². The second-order valence-electron chi connectivity index (χ2n) is 7.06. The zero-order valence-corrected chi connectivity index (χ0v) is 19.8. The molecule has 0 amide bonds. The summed E-state index contributed by atoms with van der Waals surface area (Å²) in [5.41, 5.74) is 0.345. The summed E-state index contributed by atoms with van der Waals surface area (Å²) in [6.45, 7) is 7.26. The molecule has 0 bridgehead atoms. The van der Waals surface area contributed by atoms with E-state index in [1.807, 2.05) is 6.92 Å². The van der Waals surface area contributed by atoms with Gasteiger partial charge in [-0.05, 0) is 39.2 Å². The molecule has 4 heterocycles. The zero-order valence-electron chi connectivity index (χ0n) is 17.4. The summed E-state index contributed by atoms with van der Waals surface area (Å²) in [5, 5.41) is 12.7. The third-order valence-electron chi connectivity index (χ3n) is 4.85. The van der Waals surface area contributed by atoms with Crippen molar-refractivity contribution in [2.75, 3.05) is 25.1 Å². The lowest BCUT2D eigenvalue weighted by atomic mass is 10.2. The number of anilines is 1. The van der Waals surface area contributed by atoms with Crippen LogP contribution in [0.25, 0.3) is 10.2 Å². The third kappa shape index (κ3) is 4.92. The molecule has 3 aromatic rings. The number of thioether (sulfide) groups is 1. The average molecular weight is 482 g/mol. The van der Waals surface area contributed by atoms with E-state index in [0.717, 1.165) is 35.5 Å². The average Bonchev–Trinajstić information content (AvgIpc) is 3.47. The van der Waals surface area contributed by atoms with Gasteiger partial charge < -0.3 is 19.8 Å². The van der Waals surface area contributed by atoms with Gasteiger partial charge in [0, 0.05) is 13.2 Å². The van der Waals surface area contributed by atoms with E-state index in [-0.39, 0.29) is 23.5 Å². The molecule has 0 spiro atoms. The summed E-state index contributed by atoms with van der Waals surface area (Å²) in [7, 11) is 0. The molecule has 166 valence electrons. The number of aromatic nitrogens is 4. The van der Waals surface area contributed by atoms with Crippen LogP contribution in [0.5, 0.6) is 0 Å². The zero-order chi connectivity index (χ0) is 22.0. The van der Waals surface area contributed by atoms with Crippen molar-refractivity contribution < 1.29 is 14.3 Å². The van der Waals surface area contributed by atoms with Crippen molar-refractivity contribution in [1.82, 2.24) is 20.2 Å². The SMILES string of the molecule is CCOC(=O)c1sc2nc(C(C)Sc3nnc(NCC4CCCO4)s3)[nH]c(=O)c2c1C. The van der Waals surface area contributed by atoms with Crippen LogP contribution in [0, 0.1) is 6.92 Å². The molecule has 9 nitrogen and oxygen atoms in total. The lowest BCUT2D eigenvalue weighted by Crippen LogP contribution is -2.18. The number of carbonyl (C=O) groups excluding carboxylic acids is 1. The number of fused-ring (bicyclic) bond motifs is 1. The number of nitrogens with zero attached hydrogens (tertiary/aromatic N) is 3. The number of hydrogen-bond acceptors (Lipinski definition) is 11. The van der Waals surface area contributed by atoms with Crippen LogP contribution >= 0.6 is 34.4 Å². The number of nitrogens with one attached hydrogen (secondary N) is 2. The Balaban J connectivity index is 1.48. The Morgan fingerprint density at radius 1 is 1.42 bits per heavy atom. The second kappa shape index (κ2) is 9.63. The normalized spacial score (nSPS) is 17.2. The molecule has 0 aromatic carbocycles. The first kappa shape index (κ1) is 22.2. The quantitative estimate of drug-likeness (QED) is 0.366. The topological polar surface area (TPSA) is 119 Å². The van der Waals surface area contributed by atoms with Gasteiger partial charge in [0.05, 0.1) is 23.3 Å². The van der Waals surface area contributed by atoms with Crippen molar-refractivity contribution >= 4 is 55.8 Å². The first-order chi connectivity index (χ1) is 15.0. The Labute approximate surface area is 191 Å². The van der Waals surface area contributed by atoms with Gasteiger partial charge in [-0.2, -0.15) is 0 Å². The number of carbonyl (C=O) groups is 1. The molecule has 4 rings (SSSR count). The van der Waals surface area contributed by atoms with Gasteiger partial charge in [0.1, 0.15) is 15.5 Å². The molecular formula is C19H23N5O4S3. The summed E-state index contributed by atoms with van der Waals surface area (Å²) < 4.78 is 11.5. The Bertz CT molecular complexity index is 1140. The molecule has 3 aromatic heterocycles. The van der Waals surface area contributed by atoms with Crippen LogP contribution in [0.15, 0.2) is 9.13 Å². The molecule has 1 fully saturated rings. The molecule has 12 heteroatoms. The highest BCUT2D eigenvalue weighted by Gasteiger charge is 2.22. The molecule has 0 saturated carbocycles. The van der Waals surface area contributed by atoms with E-state index in [2.05, 4.69) is 25.5 Å². The lowest BCUT2D eigenvalue weighted by molar-refractivity contribution is 0.0531. The molecule has 31 heavy (non-hydrogen) atoms. The molecule has 1 aliphatic heterocycles. The van der Waals surface area contributed by atoms with Crippen LogP contribution in [0.4, 0.5) is 5.13 Å². The van der Waals surface area contributed by atoms with Gasteiger partial charge in [0.25, 0.3) is 5.56 Å². The molecule has 2 N–H and O–H groups in total. The maximum atomic E-state index is 12.7. The smallest absolute Gasteiger partial charge is 0.348 e. The largest absolute Gasteiger partial charge is 0.462 e. The Morgan fingerprint density at radius 3 is 3.00 bits per heavy atom. The Kier molecular flexibility index (Phi) is 6.89. The van der Waals surface area contributed by atoms with Crippen molar-refractivity contribution in [2.24, 2.45) is 0 Å². The first-order valence-corrected chi connectivity index (χ1v) is 12.5. The van der Waals surface area contributed by atoms with Gasteiger partial charge >= 0.3 is 5.97 Å². The number of H-pyrrole nitrogens is 1. The standard InChI is InChI=1S/C19H23N5O4S3/c1-4-27-17(26)13-9(2)12-15(25)21-14(22-16(12)30-13)10(3)29-19-24-23-18(31-19)20-8-11-6-5-7-28-11/h10-11H,4-8H2,1-3H3,(H,20,23)(H,21,22,25). The van der Waals surface area contributed by atoms with Gasteiger partial charge in [0.15, 0.2) is 4.34 Å². The fraction of sp³-hybridized carbons (Fsp3) is 0.526. The molecular weight excluding hydrogens is 458 g/mol. The Morgan fingerprint density at radius 2 is 2.26 bits per heavy atom. The van der Waals surface area contributed by atoms with E-state index in [0.29, 0.717) is 26.5 Å². The number of hydrogen-bond donors (Lipinski definition) is 2. The minimum atomic E-state index is -0.428. The highest BCUT2D eigenvalue weighted by atomic mass is 32.2. The fourth-order valence-electron chi connectivity index (χ4n) is 3.29. The van der Waals surface area contributed by atoms with Gasteiger partial charge in [-0.3, -0.25) is 4.79 Å². The maximum Gasteiger partial charge on any atom is 0.348 e. The second-order valence-corrected chi connectivity index (χ2v) is 10.6. The minimum absolute atomic E-state index is 0.149. The highest BCUT2D eigenvalue weighted by molar-refractivity contribution is 8.01. The predicted molar refractivity (Wildman–Crippen MR) is 123 cm³/mol. The molecule has 0 aliphatic carbocycles. The maximum absolute atomic E-state index is 12.7. The third-order valence-corrected chi connectivity index (χ3v) is 8.09. The first-order valence-electron chi connectivity index (χ1n) is 10.0. The lowest BCUT2D eigenvalue weighted by Gasteiger charge is -2.09. The number of thiophene rings is 1. The van der Waals surface area contributed by atoms with Crippen LogP contribution in [0.1, 0.15) is 53.0 Å². The van der Waals surface area contributed by atoms with Crippen molar-refractivity contribution in [3.8, 4) is 0 Å². The molecule has 0 radical (unpaired) electrons. The van der Waals surface area contributed by atoms with E-state index in [9.17, 15) is 9.59 Å². The highest BCUT2D eigenvalue weighted by Crippen LogP contribution is 2.37. The van der Waals surface area contributed by atoms with Crippen molar-refractivity contribution in [1.29, 1.82) is 0 Å². The van der Waals surface area contributed by atoms with E-state index in [4.69, 9.17) is 9.47 Å². The number of ether oxygens (including phenoxy) is 2. The minimum Gasteiger partial charge on any atom is -0.462 e. The van der Waals surface area contributed by atoms with E-state index >= 15 is 0 Å². The summed E-state index contributed by atoms with van der Waals surface area (Å²) in [4.78, 5) is 33.3. The van der Waals surface area contributed by atoms with E-state index in [1.54, 1.807) is 13.8 Å². The fourth-order valence-corrected chi connectivity index (χ4v) is 6.33. The van der Waals surface area contributed by atoms with Crippen LogP contribution in [0.3, 0.4) is 0 Å². The summed E-state index contributed by atoms with van der Waals surface area (Å²) in [6, 6.07) is 0. The number of aryl methyl sites for hydroxylation is 1. The van der Waals surface area contributed by atoms with Gasteiger partial charge in [0.2, 0.25) is 5.13 Å². The monoisotopic (exact) mass is 481 g/mol. The van der Waals surface area contributed by atoms with Crippen molar-refractivity contribution in [3.63, 3.8) is 0 Å². The molecule has 2 unspecified atom stereocenters. The van der Waals surface area contributed by atoms with Gasteiger partial charge in [-0.15, -0.1) is 21.5 Å². The molecule has 1 aliphatic rings. The van der Waals surface area contributed by atoms with Crippen LogP contribution in [-0.4, -0.2) is 52.0 Å². The number of aromatic amines is 1. The predicted octanol–water partition coefficient (Wildman–Crippen LogP) is 3.77.